The van der Waals surface area contributed by atoms with Crippen LogP contribution in [-0.2, 0) is 30.6 Å². The van der Waals surface area contributed by atoms with Crippen LogP contribution in [0.1, 0.15) is 0 Å². The zero-order chi connectivity index (χ0) is 16.2. The Morgan fingerprint density at radius 3 is 1.45 bits per heavy atom. The monoisotopic (exact) mass is 335 g/mol. The van der Waals surface area contributed by atoms with Crippen LogP contribution in [0.3, 0.4) is 0 Å². The molecule has 0 spiro atoms. The van der Waals surface area contributed by atoms with Crippen molar-refractivity contribution >= 4 is 11.6 Å². The Morgan fingerprint density at radius 2 is 1.09 bits per heavy atom. The number of carbonyl (C=O) groups excluding carboxylic acids is 2. The van der Waals surface area contributed by atoms with Crippen molar-refractivity contribution in [3.05, 3.63) is 72.2 Å². The van der Waals surface area contributed by atoms with Gasteiger partial charge >= 0.3 is 21.0 Å². The summed E-state index contributed by atoms with van der Waals surface area (Å²) in [6, 6.07) is 0. The molecule has 22 heavy (non-hydrogen) atoms. The minimum absolute atomic E-state index is 0.000182. The van der Waals surface area contributed by atoms with E-state index in [4.69, 9.17) is 3.67 Å². The van der Waals surface area contributed by atoms with Crippen molar-refractivity contribution in [2.24, 2.45) is 0 Å². The summed E-state index contributed by atoms with van der Waals surface area (Å²) in [4.78, 5) is 22.9. The number of ketones is 2. The fourth-order valence-corrected chi connectivity index (χ4v) is 1.71. The first-order valence-corrected chi connectivity index (χ1v) is 7.18. The third-order valence-electron chi connectivity index (χ3n) is 2.77. The van der Waals surface area contributed by atoms with E-state index >= 15 is 0 Å². The van der Waals surface area contributed by atoms with Gasteiger partial charge in [0.1, 0.15) is 0 Å². The number of nitrogens with one attached hydrogen (secondary N) is 2. The Labute approximate surface area is 138 Å². The summed E-state index contributed by atoms with van der Waals surface area (Å²) in [5, 5.41) is 6.12. The number of allylic oxidation sites excluding steroid dienone is 10. The molecule has 6 heteroatoms. The summed E-state index contributed by atoms with van der Waals surface area (Å²) in [6.45, 7) is 1.32. The molecule has 0 bridgehead atoms. The van der Waals surface area contributed by atoms with Crippen molar-refractivity contribution in [1.29, 1.82) is 0 Å². The second-order valence-corrected chi connectivity index (χ2v) is 4.27. The number of rotatable bonds is 5. The Morgan fingerprint density at radius 1 is 0.727 bits per heavy atom. The van der Waals surface area contributed by atoms with Crippen molar-refractivity contribution in [3.63, 3.8) is 0 Å². The molecule has 0 heterocycles. The SMILES string of the molecule is O=C1C=CC=C/C1=C/NCCN/C=C1/C=CC=CC1=O.[O]=[V]. The van der Waals surface area contributed by atoms with Crippen LogP contribution in [0.15, 0.2) is 72.2 Å². The average molecular weight is 335 g/mol. The number of hydrogen-bond acceptors (Lipinski definition) is 5. The second-order valence-electron chi connectivity index (χ2n) is 4.27. The molecule has 0 aliphatic heterocycles. The quantitative estimate of drug-likeness (QED) is 0.583. The molecule has 2 N–H and O–H groups in total. The van der Waals surface area contributed by atoms with E-state index in [1.165, 1.54) is 12.2 Å². The molecule has 0 saturated heterocycles. The van der Waals surface area contributed by atoms with Crippen molar-refractivity contribution in [2.75, 3.05) is 13.1 Å². The minimum atomic E-state index is -0.000182. The summed E-state index contributed by atoms with van der Waals surface area (Å²) in [5.74, 6) is -0.000363. The molecule has 0 aromatic carbocycles. The van der Waals surface area contributed by atoms with Gasteiger partial charge in [0.2, 0.25) is 0 Å². The van der Waals surface area contributed by atoms with Crippen LogP contribution in [0.2, 0.25) is 0 Å². The maximum absolute atomic E-state index is 11.4. The van der Waals surface area contributed by atoms with Gasteiger partial charge in [0.15, 0.2) is 11.6 Å². The van der Waals surface area contributed by atoms with Gasteiger partial charge in [-0.1, -0.05) is 24.3 Å². The molecule has 2 aliphatic carbocycles. The molecule has 0 unspecified atom stereocenters. The first-order chi connectivity index (χ1) is 10.8. The summed E-state index contributed by atoms with van der Waals surface area (Å²) >= 11 is 1.06. The molecular weight excluding hydrogens is 319 g/mol. The Hall–Kier alpha value is -2.24. The van der Waals surface area contributed by atoms with Crippen molar-refractivity contribution < 1.29 is 30.6 Å². The normalized spacial score (nSPS) is 19.2. The van der Waals surface area contributed by atoms with Gasteiger partial charge in [-0.15, -0.1) is 0 Å². The maximum atomic E-state index is 11.4. The van der Waals surface area contributed by atoms with Gasteiger partial charge in [-0.3, -0.25) is 9.59 Å². The van der Waals surface area contributed by atoms with Gasteiger partial charge in [0.25, 0.3) is 0 Å². The molecule has 0 fully saturated rings. The predicted molar refractivity (Wildman–Crippen MR) is 79.4 cm³/mol. The van der Waals surface area contributed by atoms with E-state index in [2.05, 4.69) is 10.6 Å². The van der Waals surface area contributed by atoms with Crippen LogP contribution in [0.25, 0.3) is 0 Å². The van der Waals surface area contributed by atoms with Crippen LogP contribution in [0, 0.1) is 0 Å². The first-order valence-electron chi connectivity index (χ1n) is 6.61. The topological polar surface area (TPSA) is 75.3 Å². The molecule has 0 radical (unpaired) electrons. The molecule has 113 valence electrons. The Balaban J connectivity index is 0.00000116. The average Bonchev–Trinajstić information content (AvgIpc) is 2.56. The van der Waals surface area contributed by atoms with Crippen molar-refractivity contribution in [3.8, 4) is 0 Å². The number of hydrogen-bond donors (Lipinski definition) is 2. The standard InChI is InChI=1S/C16H16N2O2.O.V/c19-15-7-3-1-5-13(15)11-17-9-10-18-12-14-6-2-4-8-16(14)20;;/h1-8,11-12,17-18H,9-10H2;;/b13-11-,14-12-;;. The first kappa shape index (κ1) is 17.8. The fraction of sp³-hybridized carbons (Fsp3) is 0.125. The third kappa shape index (κ3) is 6.03. The zero-order valence-corrected chi connectivity index (χ0v) is 13.3. The van der Waals surface area contributed by atoms with E-state index in [-0.39, 0.29) is 11.6 Å². The summed E-state index contributed by atoms with van der Waals surface area (Å²) in [5.41, 5.74) is 1.28. The third-order valence-corrected chi connectivity index (χ3v) is 2.77. The van der Waals surface area contributed by atoms with Crippen LogP contribution in [0.4, 0.5) is 0 Å². The summed E-state index contributed by atoms with van der Waals surface area (Å²) in [7, 11) is 0. The fourth-order valence-electron chi connectivity index (χ4n) is 1.71. The molecule has 0 amide bonds. The van der Waals surface area contributed by atoms with Gasteiger partial charge < -0.3 is 10.6 Å². The summed E-state index contributed by atoms with van der Waals surface area (Å²) < 4.78 is 8.19. The zero-order valence-electron chi connectivity index (χ0n) is 11.9. The van der Waals surface area contributed by atoms with E-state index in [0.717, 1.165) is 17.4 Å². The van der Waals surface area contributed by atoms with E-state index in [1.807, 2.05) is 12.2 Å². The van der Waals surface area contributed by atoms with Crippen LogP contribution in [-0.4, -0.2) is 24.7 Å². The number of carbonyl (C=O) groups is 2. The molecule has 2 rings (SSSR count). The molecule has 2 aliphatic rings. The van der Waals surface area contributed by atoms with Crippen LogP contribution < -0.4 is 10.6 Å². The second kappa shape index (κ2) is 10.5. The van der Waals surface area contributed by atoms with Gasteiger partial charge in [-0.05, 0) is 24.3 Å². The molecule has 0 aromatic heterocycles. The molecule has 0 aromatic rings. The Bertz CT molecular complexity index is 547. The predicted octanol–water partition coefficient (Wildman–Crippen LogP) is 1.20. The van der Waals surface area contributed by atoms with Crippen molar-refractivity contribution in [1.82, 2.24) is 10.6 Å². The van der Waals surface area contributed by atoms with E-state index < -0.39 is 0 Å². The molecule has 5 nitrogen and oxygen atoms in total. The molecule has 0 saturated carbocycles. The van der Waals surface area contributed by atoms with Gasteiger partial charge in [0.05, 0.1) is 0 Å². The van der Waals surface area contributed by atoms with E-state index in [0.29, 0.717) is 24.2 Å². The van der Waals surface area contributed by atoms with E-state index in [9.17, 15) is 9.59 Å². The van der Waals surface area contributed by atoms with E-state index in [1.54, 1.807) is 36.7 Å². The van der Waals surface area contributed by atoms with Gasteiger partial charge in [-0.25, -0.2) is 0 Å². The van der Waals surface area contributed by atoms with Crippen LogP contribution >= 0.6 is 0 Å². The molecular formula is C16H16N2O3V. The van der Waals surface area contributed by atoms with Gasteiger partial charge in [0, 0.05) is 36.6 Å². The Kier molecular flexibility index (Phi) is 8.49. The van der Waals surface area contributed by atoms with Crippen LogP contribution in [0.5, 0.6) is 0 Å². The van der Waals surface area contributed by atoms with Gasteiger partial charge in [-0.2, -0.15) is 0 Å². The van der Waals surface area contributed by atoms with Crippen molar-refractivity contribution in [2.45, 2.75) is 0 Å². The molecule has 0 atom stereocenters. The summed E-state index contributed by atoms with van der Waals surface area (Å²) in [6.07, 6.45) is 17.1.